The Labute approximate surface area is 130 Å². The molecular weight excluding hydrogens is 307 g/mol. The minimum Gasteiger partial charge on any atom is -0.348 e. The highest BCUT2D eigenvalue weighted by atomic mass is 35.5. The van der Waals surface area contributed by atoms with Crippen molar-refractivity contribution in [1.82, 2.24) is 5.32 Å². The van der Waals surface area contributed by atoms with E-state index in [1.54, 1.807) is 18.2 Å². The first-order chi connectivity index (χ1) is 8.58. The van der Waals surface area contributed by atoms with Gasteiger partial charge in [-0.3, -0.25) is 4.79 Å². The van der Waals surface area contributed by atoms with Crippen molar-refractivity contribution < 1.29 is 4.79 Å². The van der Waals surface area contributed by atoms with Crippen molar-refractivity contribution >= 4 is 41.5 Å². The van der Waals surface area contributed by atoms with Gasteiger partial charge in [0, 0.05) is 17.6 Å². The molecule has 0 bridgehead atoms. The number of amides is 1. The zero-order chi connectivity index (χ0) is 13.5. The molecule has 3 nitrogen and oxygen atoms in total. The quantitative estimate of drug-likeness (QED) is 0.838. The van der Waals surface area contributed by atoms with Gasteiger partial charge in [0.1, 0.15) is 0 Å². The van der Waals surface area contributed by atoms with Crippen molar-refractivity contribution in [2.75, 3.05) is 6.54 Å². The van der Waals surface area contributed by atoms with E-state index in [-0.39, 0.29) is 24.4 Å². The van der Waals surface area contributed by atoms with Gasteiger partial charge in [-0.1, -0.05) is 43.0 Å². The predicted octanol–water partition coefficient (Wildman–Crippen LogP) is 3.66. The number of carbonyl (C=O) groups is 1. The third-order valence-corrected chi connectivity index (χ3v) is 3.25. The molecule has 0 saturated carbocycles. The number of halogens is 3. The molecule has 1 aromatic carbocycles. The van der Waals surface area contributed by atoms with Crippen molar-refractivity contribution in [3.05, 3.63) is 33.8 Å². The number of benzene rings is 1. The summed E-state index contributed by atoms with van der Waals surface area (Å²) < 4.78 is 0. The van der Waals surface area contributed by atoms with Gasteiger partial charge in [-0.15, -0.1) is 12.4 Å². The van der Waals surface area contributed by atoms with Crippen molar-refractivity contribution in [3.63, 3.8) is 0 Å². The summed E-state index contributed by atoms with van der Waals surface area (Å²) in [5, 5.41) is 3.75. The third-order valence-electron chi connectivity index (χ3n) is 2.70. The van der Waals surface area contributed by atoms with E-state index >= 15 is 0 Å². The zero-order valence-corrected chi connectivity index (χ0v) is 13.1. The molecule has 1 amide bonds. The number of nitrogens with two attached hydrogens (primary N) is 1. The minimum atomic E-state index is -0.205. The lowest BCUT2D eigenvalue weighted by Crippen LogP contribution is -2.40. The molecule has 0 saturated heterocycles. The van der Waals surface area contributed by atoms with Gasteiger partial charge in [0.05, 0.1) is 10.6 Å². The maximum Gasteiger partial charge on any atom is 0.253 e. The summed E-state index contributed by atoms with van der Waals surface area (Å²) in [7, 11) is 0. The first-order valence-corrected chi connectivity index (χ1v) is 6.80. The fourth-order valence-electron chi connectivity index (χ4n) is 1.64. The Morgan fingerprint density at radius 2 is 2.11 bits per heavy atom. The van der Waals surface area contributed by atoms with E-state index in [4.69, 9.17) is 28.9 Å². The second-order valence-electron chi connectivity index (χ2n) is 4.17. The summed E-state index contributed by atoms with van der Waals surface area (Å²) in [6.45, 7) is 2.53. The second-order valence-corrected chi connectivity index (χ2v) is 5.02. The van der Waals surface area contributed by atoms with E-state index < -0.39 is 0 Å². The van der Waals surface area contributed by atoms with Gasteiger partial charge in [-0.05, 0) is 24.6 Å². The Morgan fingerprint density at radius 3 is 2.63 bits per heavy atom. The van der Waals surface area contributed by atoms with Gasteiger partial charge in [-0.25, -0.2) is 0 Å². The normalized spacial score (nSPS) is 11.6. The molecule has 0 aliphatic rings. The summed E-state index contributed by atoms with van der Waals surface area (Å²) in [4.78, 5) is 12.0. The summed E-state index contributed by atoms with van der Waals surface area (Å²) in [5.74, 6) is -0.205. The number of nitrogens with one attached hydrogen (secondary N) is 1. The number of hydrogen-bond acceptors (Lipinski definition) is 2. The average molecular weight is 326 g/mol. The van der Waals surface area contributed by atoms with Gasteiger partial charge in [0.25, 0.3) is 5.91 Å². The summed E-state index contributed by atoms with van der Waals surface area (Å²) in [5.41, 5.74) is 6.06. The fraction of sp³-hybridized carbons (Fsp3) is 0.462. The third kappa shape index (κ3) is 6.00. The van der Waals surface area contributed by atoms with E-state index in [1.165, 1.54) is 0 Å². The van der Waals surface area contributed by atoms with Crippen LogP contribution >= 0.6 is 35.6 Å². The van der Waals surface area contributed by atoms with Gasteiger partial charge in [0.15, 0.2) is 0 Å². The maximum atomic E-state index is 12.0. The number of carbonyl (C=O) groups excluding carboxylic acids is 1. The van der Waals surface area contributed by atoms with E-state index in [0.717, 1.165) is 19.3 Å². The molecule has 1 unspecified atom stereocenters. The highest BCUT2D eigenvalue weighted by Crippen LogP contribution is 2.21. The van der Waals surface area contributed by atoms with E-state index in [1.807, 2.05) is 0 Å². The molecule has 3 N–H and O–H groups in total. The number of unbranched alkanes of at least 4 members (excludes halogenated alkanes) is 1. The largest absolute Gasteiger partial charge is 0.348 e. The molecule has 1 aromatic rings. The van der Waals surface area contributed by atoms with Gasteiger partial charge in [0.2, 0.25) is 0 Å². The molecule has 6 heteroatoms. The van der Waals surface area contributed by atoms with Gasteiger partial charge < -0.3 is 11.1 Å². The van der Waals surface area contributed by atoms with Crippen LogP contribution in [0.15, 0.2) is 18.2 Å². The highest BCUT2D eigenvalue weighted by Gasteiger charge is 2.14. The van der Waals surface area contributed by atoms with E-state index in [0.29, 0.717) is 22.2 Å². The molecule has 1 atom stereocenters. The molecule has 1 rings (SSSR count). The summed E-state index contributed by atoms with van der Waals surface area (Å²) in [6.07, 6.45) is 2.99. The van der Waals surface area contributed by atoms with Gasteiger partial charge in [-0.2, -0.15) is 0 Å². The lowest BCUT2D eigenvalue weighted by Gasteiger charge is -2.17. The smallest absolute Gasteiger partial charge is 0.253 e. The molecule has 0 spiro atoms. The standard InChI is InChI=1S/C13H18Cl2N2O.ClH/c1-2-3-4-10(8-16)17-13(18)11-6-5-9(14)7-12(11)15;/h5-7,10H,2-4,8,16H2,1H3,(H,17,18);1H. The lowest BCUT2D eigenvalue weighted by molar-refractivity contribution is 0.0936. The monoisotopic (exact) mass is 324 g/mol. The first kappa shape index (κ1) is 18.5. The summed E-state index contributed by atoms with van der Waals surface area (Å²) >= 11 is 11.8. The Hall–Kier alpha value is -0.480. The van der Waals surface area contributed by atoms with Crippen LogP contribution in [-0.2, 0) is 0 Å². The molecule has 0 aromatic heterocycles. The van der Waals surface area contributed by atoms with Crippen LogP contribution in [0.25, 0.3) is 0 Å². The Bertz CT molecular complexity index is 413. The van der Waals surface area contributed by atoms with Crippen LogP contribution in [0.1, 0.15) is 36.5 Å². The van der Waals surface area contributed by atoms with Crippen LogP contribution < -0.4 is 11.1 Å². The van der Waals surface area contributed by atoms with Gasteiger partial charge >= 0.3 is 0 Å². The topological polar surface area (TPSA) is 55.1 Å². The molecule has 0 heterocycles. The Balaban J connectivity index is 0.00000324. The van der Waals surface area contributed by atoms with Crippen LogP contribution in [-0.4, -0.2) is 18.5 Å². The first-order valence-electron chi connectivity index (χ1n) is 6.04. The van der Waals surface area contributed by atoms with Crippen LogP contribution in [0.4, 0.5) is 0 Å². The van der Waals surface area contributed by atoms with Crippen LogP contribution in [0, 0.1) is 0 Å². The highest BCUT2D eigenvalue weighted by molar-refractivity contribution is 6.36. The summed E-state index contributed by atoms with van der Waals surface area (Å²) in [6, 6.07) is 4.81. The van der Waals surface area contributed by atoms with Crippen molar-refractivity contribution in [2.24, 2.45) is 5.73 Å². The SMILES string of the molecule is CCCCC(CN)NC(=O)c1ccc(Cl)cc1Cl.Cl. The molecule has 0 aliphatic carbocycles. The zero-order valence-electron chi connectivity index (χ0n) is 10.8. The average Bonchev–Trinajstić information content (AvgIpc) is 2.34. The van der Waals surface area contributed by atoms with Crippen LogP contribution in [0.2, 0.25) is 10.0 Å². The molecule has 0 fully saturated rings. The number of rotatable bonds is 6. The van der Waals surface area contributed by atoms with Crippen molar-refractivity contribution in [2.45, 2.75) is 32.2 Å². The lowest BCUT2D eigenvalue weighted by atomic mass is 10.1. The number of hydrogen-bond donors (Lipinski definition) is 2. The second kappa shape index (κ2) is 9.43. The van der Waals surface area contributed by atoms with Crippen molar-refractivity contribution in [1.29, 1.82) is 0 Å². The van der Waals surface area contributed by atoms with E-state index in [9.17, 15) is 4.79 Å². The molecule has 0 aliphatic heterocycles. The fourth-order valence-corrected chi connectivity index (χ4v) is 2.13. The molecule has 0 radical (unpaired) electrons. The minimum absolute atomic E-state index is 0. The predicted molar refractivity (Wildman–Crippen MR) is 83.5 cm³/mol. The maximum absolute atomic E-state index is 12.0. The van der Waals surface area contributed by atoms with Crippen LogP contribution in [0.5, 0.6) is 0 Å². The Kier molecular flexibility index (Phi) is 9.19. The van der Waals surface area contributed by atoms with Crippen LogP contribution in [0.3, 0.4) is 0 Å². The molecule has 108 valence electrons. The molecule has 19 heavy (non-hydrogen) atoms. The van der Waals surface area contributed by atoms with E-state index in [2.05, 4.69) is 12.2 Å². The Morgan fingerprint density at radius 1 is 1.42 bits per heavy atom. The van der Waals surface area contributed by atoms with Crippen molar-refractivity contribution in [3.8, 4) is 0 Å². The molecular formula is C13H19Cl3N2O.